The quantitative estimate of drug-likeness (QED) is 0.651. The third-order valence-electron chi connectivity index (χ3n) is 5.38. The van der Waals surface area contributed by atoms with Crippen LogP contribution in [-0.4, -0.2) is 44.1 Å². The second-order valence-electron chi connectivity index (χ2n) is 8.79. The Kier molecular flexibility index (Phi) is 7.44. The van der Waals surface area contributed by atoms with E-state index in [1.807, 2.05) is 0 Å². The number of thioether (sulfide) groups is 1. The number of hydrogen-bond acceptors (Lipinski definition) is 4. The van der Waals surface area contributed by atoms with E-state index in [0.29, 0.717) is 31.7 Å². The van der Waals surface area contributed by atoms with Crippen molar-refractivity contribution in [1.82, 2.24) is 9.62 Å². The fourth-order valence-corrected chi connectivity index (χ4v) is 5.54. The van der Waals surface area contributed by atoms with Gasteiger partial charge in [0.15, 0.2) is 0 Å². The minimum Gasteiger partial charge on any atom is -0.342 e. The maximum Gasteiger partial charge on any atom is 0.240 e. The van der Waals surface area contributed by atoms with Crippen LogP contribution in [0.3, 0.4) is 0 Å². The molecule has 31 heavy (non-hydrogen) atoms. The highest BCUT2D eigenvalue weighted by atomic mass is 32.2. The molecule has 1 aliphatic rings. The van der Waals surface area contributed by atoms with E-state index in [9.17, 15) is 17.6 Å². The summed E-state index contributed by atoms with van der Waals surface area (Å²) in [4.78, 5) is 15.5. The normalized spacial score (nSPS) is 15.8. The van der Waals surface area contributed by atoms with E-state index >= 15 is 0 Å². The number of nitrogens with one attached hydrogen (secondary N) is 1. The molecule has 1 saturated heterocycles. The van der Waals surface area contributed by atoms with Gasteiger partial charge in [-0.15, -0.1) is 11.8 Å². The molecule has 0 aromatic heterocycles. The van der Waals surface area contributed by atoms with Crippen molar-refractivity contribution in [2.45, 2.75) is 54.9 Å². The maximum atomic E-state index is 13.0. The number of halogens is 1. The van der Waals surface area contributed by atoms with E-state index in [4.69, 9.17) is 0 Å². The zero-order chi connectivity index (χ0) is 22.6. The highest BCUT2D eigenvalue weighted by Crippen LogP contribution is 2.26. The summed E-state index contributed by atoms with van der Waals surface area (Å²) in [6.07, 6.45) is 1.11. The van der Waals surface area contributed by atoms with Gasteiger partial charge >= 0.3 is 0 Å². The Morgan fingerprint density at radius 1 is 1.06 bits per heavy atom. The second-order valence-corrected chi connectivity index (χ2v) is 11.6. The molecule has 1 amide bonds. The van der Waals surface area contributed by atoms with Gasteiger partial charge in [0.1, 0.15) is 5.82 Å². The highest BCUT2D eigenvalue weighted by Gasteiger charge is 2.26. The fraction of sp³-hybridized carbons (Fsp3) is 0.435. The first-order chi connectivity index (χ1) is 14.5. The van der Waals surface area contributed by atoms with Gasteiger partial charge in [-0.05, 0) is 60.2 Å². The molecule has 1 aliphatic heterocycles. The van der Waals surface area contributed by atoms with Gasteiger partial charge in [0.25, 0.3) is 0 Å². The number of likely N-dealkylation sites (tertiary alicyclic amines) is 1. The fourth-order valence-electron chi connectivity index (χ4n) is 3.44. The summed E-state index contributed by atoms with van der Waals surface area (Å²) in [7, 11) is -3.70. The molecule has 3 rings (SSSR count). The highest BCUT2D eigenvalue weighted by molar-refractivity contribution is 8.00. The average Bonchev–Trinajstić information content (AvgIpc) is 2.72. The van der Waals surface area contributed by atoms with Gasteiger partial charge in [0.05, 0.1) is 10.6 Å². The zero-order valence-electron chi connectivity index (χ0n) is 18.1. The molecular formula is C23H29FN2O3S2. The number of nitrogens with zero attached hydrogens (tertiary/aromatic N) is 1. The molecular weight excluding hydrogens is 435 g/mol. The molecule has 1 N–H and O–H groups in total. The van der Waals surface area contributed by atoms with Crippen molar-refractivity contribution < 1.29 is 17.6 Å². The van der Waals surface area contributed by atoms with Crippen LogP contribution < -0.4 is 4.72 Å². The Morgan fingerprint density at radius 2 is 1.65 bits per heavy atom. The Labute approximate surface area is 188 Å². The molecule has 5 nitrogen and oxygen atoms in total. The van der Waals surface area contributed by atoms with Crippen LogP contribution in [0.2, 0.25) is 0 Å². The maximum absolute atomic E-state index is 13.0. The molecule has 0 aliphatic carbocycles. The van der Waals surface area contributed by atoms with Crippen LogP contribution in [0.5, 0.6) is 0 Å². The molecule has 168 valence electrons. The van der Waals surface area contributed by atoms with Crippen LogP contribution in [0, 0.1) is 5.82 Å². The van der Waals surface area contributed by atoms with Crippen LogP contribution in [0.1, 0.15) is 39.2 Å². The van der Waals surface area contributed by atoms with E-state index < -0.39 is 15.8 Å². The number of rotatable bonds is 6. The van der Waals surface area contributed by atoms with Crippen molar-refractivity contribution in [1.29, 1.82) is 0 Å². The van der Waals surface area contributed by atoms with Crippen LogP contribution in [-0.2, 0) is 20.2 Å². The Hall–Kier alpha value is -1.90. The van der Waals surface area contributed by atoms with Crippen molar-refractivity contribution in [3.05, 3.63) is 59.9 Å². The first-order valence-corrected chi connectivity index (χ1v) is 12.8. The van der Waals surface area contributed by atoms with Crippen LogP contribution in [0.15, 0.2) is 58.3 Å². The lowest BCUT2D eigenvalue weighted by atomic mass is 9.87. The lowest BCUT2D eigenvalue weighted by Gasteiger charge is -2.32. The third kappa shape index (κ3) is 6.54. The summed E-state index contributed by atoms with van der Waals surface area (Å²) in [5.74, 6) is -0.0561. The summed E-state index contributed by atoms with van der Waals surface area (Å²) in [6, 6.07) is 12.8. The smallest absolute Gasteiger partial charge is 0.240 e. The first kappa shape index (κ1) is 23.8. The monoisotopic (exact) mass is 464 g/mol. The summed E-state index contributed by atoms with van der Waals surface area (Å²) in [5.41, 5.74) is 1.36. The molecule has 2 aromatic rings. The number of benzene rings is 2. The standard InChI is InChI=1S/C23H29FN2O3S2/c1-23(2,3)17-4-8-20(9-5-17)30-16-22(27)26-14-12-19(13-15-26)25-31(28,29)21-10-6-18(24)7-11-21/h4-11,19,25H,12-16H2,1-3H3. The summed E-state index contributed by atoms with van der Waals surface area (Å²) in [5, 5.41) is 0. The minimum absolute atomic E-state index is 0.0429. The van der Waals surface area contributed by atoms with Gasteiger partial charge in [-0.25, -0.2) is 17.5 Å². The molecule has 0 spiro atoms. The predicted octanol–water partition coefficient (Wildman–Crippen LogP) is 4.18. The average molecular weight is 465 g/mol. The van der Waals surface area contributed by atoms with Gasteiger partial charge in [-0.1, -0.05) is 32.9 Å². The lowest BCUT2D eigenvalue weighted by molar-refractivity contribution is -0.129. The second kappa shape index (κ2) is 9.71. The number of carbonyl (C=O) groups excluding carboxylic acids is 1. The van der Waals surface area contributed by atoms with Crippen LogP contribution in [0.25, 0.3) is 0 Å². The zero-order valence-corrected chi connectivity index (χ0v) is 19.7. The Balaban J connectivity index is 1.47. The van der Waals surface area contributed by atoms with Gasteiger partial charge in [0, 0.05) is 24.0 Å². The number of hydrogen-bond donors (Lipinski definition) is 1. The minimum atomic E-state index is -3.70. The summed E-state index contributed by atoms with van der Waals surface area (Å²) < 4.78 is 40.6. The number of amides is 1. The Morgan fingerprint density at radius 3 is 2.19 bits per heavy atom. The van der Waals surface area contributed by atoms with Gasteiger partial charge in [-0.3, -0.25) is 4.79 Å². The molecule has 2 aromatic carbocycles. The van der Waals surface area contributed by atoms with Crippen molar-refractivity contribution in [2.75, 3.05) is 18.8 Å². The third-order valence-corrected chi connectivity index (χ3v) is 7.91. The van der Waals surface area contributed by atoms with Gasteiger partial charge < -0.3 is 4.90 Å². The summed E-state index contributed by atoms with van der Waals surface area (Å²) >= 11 is 1.52. The number of sulfonamides is 1. The largest absolute Gasteiger partial charge is 0.342 e. The molecule has 0 bridgehead atoms. The Bertz CT molecular complexity index is 993. The van der Waals surface area contributed by atoms with Crippen LogP contribution in [0.4, 0.5) is 4.39 Å². The molecule has 0 unspecified atom stereocenters. The van der Waals surface area contributed by atoms with E-state index in [0.717, 1.165) is 17.0 Å². The molecule has 0 atom stereocenters. The van der Waals surface area contributed by atoms with E-state index in [1.54, 1.807) is 4.90 Å². The molecule has 8 heteroatoms. The van der Waals surface area contributed by atoms with Gasteiger partial charge in [-0.2, -0.15) is 0 Å². The SMILES string of the molecule is CC(C)(C)c1ccc(SCC(=O)N2CCC(NS(=O)(=O)c3ccc(F)cc3)CC2)cc1. The molecule has 1 heterocycles. The van der Waals surface area contributed by atoms with Crippen LogP contribution >= 0.6 is 11.8 Å². The van der Waals surface area contributed by atoms with Crippen molar-refractivity contribution >= 4 is 27.7 Å². The number of piperidine rings is 1. The molecule has 1 fully saturated rings. The predicted molar refractivity (Wildman–Crippen MR) is 122 cm³/mol. The van der Waals surface area contributed by atoms with Gasteiger partial charge in [0.2, 0.25) is 15.9 Å². The topological polar surface area (TPSA) is 66.5 Å². The van der Waals surface area contributed by atoms with E-state index in [-0.39, 0.29) is 22.3 Å². The molecule has 0 saturated carbocycles. The lowest BCUT2D eigenvalue weighted by Crippen LogP contribution is -2.47. The first-order valence-electron chi connectivity index (χ1n) is 10.3. The van der Waals surface area contributed by atoms with Crippen molar-refractivity contribution in [2.24, 2.45) is 0 Å². The van der Waals surface area contributed by atoms with Crippen molar-refractivity contribution in [3.8, 4) is 0 Å². The van der Waals surface area contributed by atoms with E-state index in [1.165, 1.54) is 29.5 Å². The summed E-state index contributed by atoms with van der Waals surface area (Å²) in [6.45, 7) is 7.53. The van der Waals surface area contributed by atoms with E-state index in [2.05, 4.69) is 49.8 Å². The van der Waals surface area contributed by atoms with Crippen molar-refractivity contribution in [3.63, 3.8) is 0 Å². The number of carbonyl (C=O) groups is 1. The molecule has 0 radical (unpaired) electrons.